The molecule has 8 heteroatoms. The topological polar surface area (TPSA) is 88.5 Å². The molecule has 0 spiro atoms. The maximum Gasteiger partial charge on any atom is 0.295 e. The highest BCUT2D eigenvalue weighted by atomic mass is 16.5. The predicted molar refractivity (Wildman–Crippen MR) is 136 cm³/mol. The number of aryl methyl sites for hydroxylation is 1. The minimum Gasteiger partial charge on any atom is -0.507 e. The van der Waals surface area contributed by atoms with Crippen LogP contribution in [0.5, 0.6) is 11.5 Å². The van der Waals surface area contributed by atoms with Gasteiger partial charge in [0, 0.05) is 31.7 Å². The van der Waals surface area contributed by atoms with E-state index in [2.05, 4.69) is 11.5 Å². The molecule has 1 atom stereocenters. The molecule has 4 rings (SSSR count). The second-order valence-corrected chi connectivity index (χ2v) is 8.82. The molecule has 1 amide bonds. The van der Waals surface area contributed by atoms with Crippen LogP contribution >= 0.6 is 0 Å². The van der Waals surface area contributed by atoms with Crippen molar-refractivity contribution in [2.75, 3.05) is 53.1 Å². The number of methoxy groups -OCH3 is 1. The SMILES string of the molecule is C=CCOc1ccc([C@@H]2C(=C(O)c3ccc(C)cc3)C(=O)C(=O)N2CCN2CCOCC2)cc1OC. The van der Waals surface area contributed by atoms with Crippen molar-refractivity contribution in [1.29, 1.82) is 0 Å². The van der Waals surface area contributed by atoms with E-state index in [-0.39, 0.29) is 11.3 Å². The molecule has 0 aromatic heterocycles. The van der Waals surface area contributed by atoms with Gasteiger partial charge < -0.3 is 24.2 Å². The number of aliphatic hydroxyl groups excluding tert-OH is 1. The number of benzene rings is 2. The van der Waals surface area contributed by atoms with E-state index in [9.17, 15) is 14.7 Å². The fraction of sp³-hybridized carbons (Fsp3) is 0.357. The number of likely N-dealkylation sites (tertiary alicyclic amines) is 1. The average molecular weight is 493 g/mol. The first-order valence-corrected chi connectivity index (χ1v) is 12.0. The molecule has 2 heterocycles. The summed E-state index contributed by atoms with van der Waals surface area (Å²) in [7, 11) is 1.53. The third-order valence-corrected chi connectivity index (χ3v) is 6.49. The number of nitrogens with zero attached hydrogens (tertiary/aromatic N) is 2. The third-order valence-electron chi connectivity index (χ3n) is 6.49. The number of rotatable bonds is 9. The van der Waals surface area contributed by atoms with Gasteiger partial charge in [-0.3, -0.25) is 14.5 Å². The molecule has 2 aliphatic rings. The molecule has 2 aliphatic heterocycles. The van der Waals surface area contributed by atoms with Crippen molar-refractivity contribution in [2.24, 2.45) is 0 Å². The normalized spacial score (nSPS) is 19.9. The first kappa shape index (κ1) is 25.5. The molecule has 2 fully saturated rings. The minimum atomic E-state index is -0.769. The highest BCUT2D eigenvalue weighted by Crippen LogP contribution is 2.42. The number of Topliss-reactive ketones (excluding diaryl/α,β-unsaturated/α-hetero) is 1. The molecule has 2 saturated heterocycles. The first-order valence-electron chi connectivity index (χ1n) is 12.0. The number of aliphatic hydroxyl groups is 1. The number of ether oxygens (including phenoxy) is 3. The van der Waals surface area contributed by atoms with Gasteiger partial charge in [0.2, 0.25) is 0 Å². The molecule has 2 aromatic rings. The Bertz CT molecular complexity index is 1150. The molecule has 0 radical (unpaired) electrons. The Labute approximate surface area is 211 Å². The lowest BCUT2D eigenvalue weighted by molar-refractivity contribution is -0.140. The van der Waals surface area contributed by atoms with Crippen LogP contribution in [0.15, 0.2) is 60.7 Å². The van der Waals surface area contributed by atoms with Crippen molar-refractivity contribution in [3.63, 3.8) is 0 Å². The zero-order chi connectivity index (χ0) is 25.7. The molecule has 8 nitrogen and oxygen atoms in total. The van der Waals surface area contributed by atoms with Gasteiger partial charge in [0.15, 0.2) is 11.5 Å². The maximum absolute atomic E-state index is 13.3. The standard InChI is InChI=1S/C28H32N2O6/c1-4-15-36-22-10-9-21(18-23(22)34-3)25-24(26(31)20-7-5-19(2)6-8-20)27(32)28(33)30(25)12-11-29-13-16-35-17-14-29/h4-10,18,25,31H,1,11-17H2,2-3H3/t25-/m1/s1. The summed E-state index contributed by atoms with van der Waals surface area (Å²) in [4.78, 5) is 30.3. The van der Waals surface area contributed by atoms with Gasteiger partial charge in [-0.15, -0.1) is 0 Å². The number of ketones is 1. The van der Waals surface area contributed by atoms with E-state index in [0.29, 0.717) is 55.5 Å². The zero-order valence-electron chi connectivity index (χ0n) is 20.7. The van der Waals surface area contributed by atoms with Gasteiger partial charge in [-0.05, 0) is 24.6 Å². The molecule has 1 N–H and O–H groups in total. The summed E-state index contributed by atoms with van der Waals surface area (Å²) in [5.41, 5.74) is 2.21. The summed E-state index contributed by atoms with van der Waals surface area (Å²) >= 11 is 0. The van der Waals surface area contributed by atoms with E-state index in [1.54, 1.807) is 36.4 Å². The minimum absolute atomic E-state index is 0.0626. The molecule has 36 heavy (non-hydrogen) atoms. The van der Waals surface area contributed by atoms with Crippen LogP contribution in [0.25, 0.3) is 5.76 Å². The van der Waals surface area contributed by atoms with E-state index in [1.807, 2.05) is 19.1 Å². The van der Waals surface area contributed by atoms with Gasteiger partial charge in [0.05, 0.1) is 31.9 Å². The second-order valence-electron chi connectivity index (χ2n) is 8.82. The van der Waals surface area contributed by atoms with Crippen LogP contribution in [0.4, 0.5) is 0 Å². The van der Waals surface area contributed by atoms with Crippen LogP contribution in [0, 0.1) is 6.92 Å². The molecule has 0 unspecified atom stereocenters. The lowest BCUT2D eigenvalue weighted by Gasteiger charge is -2.31. The highest BCUT2D eigenvalue weighted by Gasteiger charge is 2.46. The van der Waals surface area contributed by atoms with Crippen molar-refractivity contribution in [3.05, 3.63) is 77.4 Å². The smallest absolute Gasteiger partial charge is 0.295 e. The Morgan fingerprint density at radius 2 is 1.83 bits per heavy atom. The van der Waals surface area contributed by atoms with Crippen molar-refractivity contribution in [2.45, 2.75) is 13.0 Å². The van der Waals surface area contributed by atoms with Crippen molar-refractivity contribution < 1.29 is 28.9 Å². The predicted octanol–water partition coefficient (Wildman–Crippen LogP) is 3.32. The molecule has 2 aromatic carbocycles. The van der Waals surface area contributed by atoms with Crippen LogP contribution in [0.2, 0.25) is 0 Å². The largest absolute Gasteiger partial charge is 0.507 e. The Morgan fingerprint density at radius 1 is 1.11 bits per heavy atom. The van der Waals surface area contributed by atoms with E-state index in [0.717, 1.165) is 18.7 Å². The number of carbonyl (C=O) groups excluding carboxylic acids is 2. The monoisotopic (exact) mass is 492 g/mol. The molecule has 190 valence electrons. The summed E-state index contributed by atoms with van der Waals surface area (Å²) in [6, 6.07) is 11.7. The molecule has 0 bridgehead atoms. The average Bonchev–Trinajstić information content (AvgIpc) is 3.16. The molecular weight excluding hydrogens is 460 g/mol. The van der Waals surface area contributed by atoms with Crippen LogP contribution in [-0.4, -0.2) is 79.7 Å². The quantitative estimate of drug-likeness (QED) is 0.249. The Hall–Kier alpha value is -3.62. The van der Waals surface area contributed by atoms with Gasteiger partial charge in [-0.1, -0.05) is 48.6 Å². The van der Waals surface area contributed by atoms with Gasteiger partial charge in [-0.2, -0.15) is 0 Å². The van der Waals surface area contributed by atoms with Gasteiger partial charge >= 0.3 is 0 Å². The highest BCUT2D eigenvalue weighted by molar-refractivity contribution is 6.46. The van der Waals surface area contributed by atoms with E-state index in [1.165, 1.54) is 12.0 Å². The summed E-state index contributed by atoms with van der Waals surface area (Å²) in [6.45, 7) is 9.64. The fourth-order valence-electron chi connectivity index (χ4n) is 4.52. The van der Waals surface area contributed by atoms with Crippen LogP contribution < -0.4 is 9.47 Å². The summed E-state index contributed by atoms with van der Waals surface area (Å²) < 4.78 is 16.6. The Balaban J connectivity index is 1.76. The van der Waals surface area contributed by atoms with Gasteiger partial charge in [0.1, 0.15) is 12.4 Å². The molecule has 0 aliphatic carbocycles. The van der Waals surface area contributed by atoms with Crippen molar-refractivity contribution >= 4 is 17.4 Å². The zero-order valence-corrected chi connectivity index (χ0v) is 20.7. The fourth-order valence-corrected chi connectivity index (χ4v) is 4.52. The molecular formula is C28H32N2O6. The van der Waals surface area contributed by atoms with Crippen LogP contribution in [0.3, 0.4) is 0 Å². The van der Waals surface area contributed by atoms with E-state index in [4.69, 9.17) is 14.2 Å². The van der Waals surface area contributed by atoms with E-state index >= 15 is 0 Å². The summed E-state index contributed by atoms with van der Waals surface area (Å²) in [6.07, 6.45) is 1.63. The van der Waals surface area contributed by atoms with Crippen molar-refractivity contribution in [1.82, 2.24) is 9.80 Å². The number of morpholine rings is 1. The Morgan fingerprint density at radius 3 is 2.50 bits per heavy atom. The number of amides is 1. The molecule has 0 saturated carbocycles. The number of hydrogen-bond acceptors (Lipinski definition) is 7. The maximum atomic E-state index is 13.3. The van der Waals surface area contributed by atoms with Gasteiger partial charge in [0.25, 0.3) is 11.7 Å². The summed E-state index contributed by atoms with van der Waals surface area (Å²) in [5, 5.41) is 11.2. The van der Waals surface area contributed by atoms with Crippen LogP contribution in [-0.2, 0) is 14.3 Å². The number of carbonyl (C=O) groups is 2. The van der Waals surface area contributed by atoms with Crippen molar-refractivity contribution in [3.8, 4) is 11.5 Å². The van der Waals surface area contributed by atoms with E-state index < -0.39 is 17.7 Å². The lowest BCUT2D eigenvalue weighted by Crippen LogP contribution is -2.42. The first-order chi connectivity index (χ1) is 17.4. The van der Waals surface area contributed by atoms with Gasteiger partial charge in [-0.25, -0.2) is 0 Å². The third kappa shape index (κ3) is 5.29. The summed E-state index contributed by atoms with van der Waals surface area (Å²) in [5.74, 6) is -0.551. The second kappa shape index (κ2) is 11.4. The van der Waals surface area contributed by atoms with Crippen LogP contribution in [0.1, 0.15) is 22.7 Å². The Kier molecular flexibility index (Phi) is 8.07. The lowest BCUT2D eigenvalue weighted by atomic mass is 9.94. The number of hydrogen-bond donors (Lipinski definition) is 1.